The van der Waals surface area contributed by atoms with E-state index in [2.05, 4.69) is 49.0 Å². The molecule has 1 heterocycles. The molecule has 0 aromatic heterocycles. The molecule has 23 heavy (non-hydrogen) atoms. The Bertz CT molecular complexity index is 435. The highest BCUT2D eigenvalue weighted by Crippen LogP contribution is 2.29. The molecule has 1 aliphatic rings. The topological polar surface area (TPSA) is 59.3 Å². The minimum atomic E-state index is 0.316. The highest BCUT2D eigenvalue weighted by molar-refractivity contribution is 5.30. The first-order valence-corrected chi connectivity index (χ1v) is 9.20. The SMILES string of the molecule is CCCCCCCCOc1ccc(C2NNC(CN)C2C)cc1. The van der Waals surface area contributed by atoms with Crippen molar-refractivity contribution in [2.75, 3.05) is 13.2 Å². The van der Waals surface area contributed by atoms with Crippen LogP contribution >= 0.6 is 0 Å². The third-order valence-corrected chi connectivity index (χ3v) is 4.84. The van der Waals surface area contributed by atoms with E-state index in [1.165, 1.54) is 37.7 Å². The maximum Gasteiger partial charge on any atom is 0.119 e. The van der Waals surface area contributed by atoms with Crippen molar-refractivity contribution in [3.63, 3.8) is 0 Å². The first-order chi connectivity index (χ1) is 11.3. The maximum absolute atomic E-state index is 5.84. The Kier molecular flexibility index (Phi) is 7.86. The van der Waals surface area contributed by atoms with Gasteiger partial charge in [0, 0.05) is 12.6 Å². The Labute approximate surface area is 141 Å². The van der Waals surface area contributed by atoms with Crippen molar-refractivity contribution in [3.8, 4) is 5.75 Å². The second kappa shape index (κ2) is 9.91. The fourth-order valence-corrected chi connectivity index (χ4v) is 3.20. The molecular formula is C19H33N3O. The third-order valence-electron chi connectivity index (χ3n) is 4.84. The number of nitrogens with two attached hydrogens (primary N) is 1. The van der Waals surface area contributed by atoms with Gasteiger partial charge in [-0.3, -0.25) is 5.43 Å². The van der Waals surface area contributed by atoms with E-state index in [9.17, 15) is 0 Å². The molecule has 3 unspecified atom stereocenters. The average molecular weight is 319 g/mol. The van der Waals surface area contributed by atoms with Gasteiger partial charge in [-0.15, -0.1) is 0 Å². The van der Waals surface area contributed by atoms with Crippen LogP contribution in [0.2, 0.25) is 0 Å². The summed E-state index contributed by atoms with van der Waals surface area (Å²) in [6, 6.07) is 9.13. The van der Waals surface area contributed by atoms with E-state index in [4.69, 9.17) is 10.5 Å². The highest BCUT2D eigenvalue weighted by Gasteiger charge is 2.32. The number of hydrogen-bond donors (Lipinski definition) is 3. The monoisotopic (exact) mass is 319 g/mol. The average Bonchev–Trinajstić information content (AvgIpc) is 2.95. The fraction of sp³-hybridized carbons (Fsp3) is 0.684. The quantitative estimate of drug-likeness (QED) is 0.577. The summed E-state index contributed by atoms with van der Waals surface area (Å²) in [4.78, 5) is 0. The van der Waals surface area contributed by atoms with Crippen molar-refractivity contribution < 1.29 is 4.74 Å². The first-order valence-electron chi connectivity index (χ1n) is 9.20. The summed E-state index contributed by atoms with van der Waals surface area (Å²) in [6.07, 6.45) is 7.77. The van der Waals surface area contributed by atoms with Gasteiger partial charge in [0.25, 0.3) is 0 Å². The highest BCUT2D eigenvalue weighted by atomic mass is 16.5. The fourth-order valence-electron chi connectivity index (χ4n) is 3.20. The van der Waals surface area contributed by atoms with Crippen LogP contribution in [0.25, 0.3) is 0 Å². The number of hydrazine groups is 1. The number of ether oxygens (including phenoxy) is 1. The van der Waals surface area contributed by atoms with Gasteiger partial charge in [0.15, 0.2) is 0 Å². The van der Waals surface area contributed by atoms with Crippen LogP contribution in [-0.4, -0.2) is 19.2 Å². The van der Waals surface area contributed by atoms with E-state index in [1.807, 2.05) is 0 Å². The van der Waals surface area contributed by atoms with Crippen molar-refractivity contribution in [3.05, 3.63) is 29.8 Å². The molecule has 0 saturated carbocycles. The smallest absolute Gasteiger partial charge is 0.119 e. The van der Waals surface area contributed by atoms with E-state index in [0.717, 1.165) is 18.8 Å². The Morgan fingerprint density at radius 2 is 1.70 bits per heavy atom. The van der Waals surface area contributed by atoms with Crippen LogP contribution in [0.1, 0.15) is 64.0 Å². The van der Waals surface area contributed by atoms with Crippen LogP contribution in [0.3, 0.4) is 0 Å². The van der Waals surface area contributed by atoms with Gasteiger partial charge in [0.05, 0.1) is 12.6 Å². The summed E-state index contributed by atoms with van der Waals surface area (Å²) in [6.45, 7) is 5.96. The van der Waals surface area contributed by atoms with Gasteiger partial charge >= 0.3 is 0 Å². The number of unbranched alkanes of at least 4 members (excludes halogenated alkanes) is 5. The zero-order valence-corrected chi connectivity index (χ0v) is 14.7. The van der Waals surface area contributed by atoms with E-state index in [-0.39, 0.29) is 0 Å². The molecule has 1 aromatic rings. The van der Waals surface area contributed by atoms with Crippen molar-refractivity contribution in [1.29, 1.82) is 0 Å². The van der Waals surface area contributed by atoms with Crippen LogP contribution < -0.4 is 21.3 Å². The molecule has 0 spiro atoms. The molecule has 1 aliphatic heterocycles. The number of rotatable bonds is 10. The van der Waals surface area contributed by atoms with Gasteiger partial charge in [-0.05, 0) is 30.0 Å². The molecule has 0 aliphatic carbocycles. The first kappa shape index (κ1) is 18.2. The van der Waals surface area contributed by atoms with Crippen molar-refractivity contribution in [2.24, 2.45) is 11.7 Å². The van der Waals surface area contributed by atoms with Gasteiger partial charge in [-0.25, -0.2) is 5.43 Å². The molecular weight excluding hydrogens is 286 g/mol. The summed E-state index contributed by atoms with van der Waals surface area (Å²) in [5, 5.41) is 0. The second-order valence-corrected chi connectivity index (χ2v) is 6.65. The molecule has 0 bridgehead atoms. The molecule has 130 valence electrons. The zero-order valence-electron chi connectivity index (χ0n) is 14.7. The molecule has 1 aromatic carbocycles. The summed E-state index contributed by atoms with van der Waals surface area (Å²) < 4.78 is 5.84. The van der Waals surface area contributed by atoms with E-state index in [1.54, 1.807) is 0 Å². The zero-order chi connectivity index (χ0) is 16.5. The number of benzene rings is 1. The minimum Gasteiger partial charge on any atom is -0.494 e. The predicted molar refractivity (Wildman–Crippen MR) is 96.3 cm³/mol. The Hall–Kier alpha value is -1.10. The van der Waals surface area contributed by atoms with Crippen LogP contribution in [0.4, 0.5) is 0 Å². The standard InChI is InChI=1S/C19H33N3O/c1-3-4-5-6-7-8-13-23-17-11-9-16(10-12-17)19-15(2)18(14-20)21-22-19/h9-12,15,18-19,21-22H,3-8,13-14,20H2,1-2H3. The van der Waals surface area contributed by atoms with Crippen molar-refractivity contribution >= 4 is 0 Å². The summed E-state index contributed by atoms with van der Waals surface area (Å²) in [5.74, 6) is 1.45. The maximum atomic E-state index is 5.84. The Morgan fingerprint density at radius 3 is 2.35 bits per heavy atom. The lowest BCUT2D eigenvalue weighted by Gasteiger charge is -2.18. The van der Waals surface area contributed by atoms with Crippen LogP contribution in [0, 0.1) is 5.92 Å². The summed E-state index contributed by atoms with van der Waals surface area (Å²) >= 11 is 0. The predicted octanol–water partition coefficient (Wildman–Crippen LogP) is 3.54. The molecule has 1 saturated heterocycles. The molecule has 0 amide bonds. The lowest BCUT2D eigenvalue weighted by Crippen LogP contribution is -2.37. The minimum absolute atomic E-state index is 0.316. The van der Waals surface area contributed by atoms with E-state index in [0.29, 0.717) is 24.5 Å². The number of hydrogen-bond acceptors (Lipinski definition) is 4. The van der Waals surface area contributed by atoms with Gasteiger partial charge in [-0.1, -0.05) is 58.1 Å². The Balaban J connectivity index is 1.70. The van der Waals surface area contributed by atoms with Crippen LogP contribution in [-0.2, 0) is 0 Å². The second-order valence-electron chi connectivity index (χ2n) is 6.65. The molecule has 2 rings (SSSR count). The number of nitrogens with one attached hydrogen (secondary N) is 2. The van der Waals surface area contributed by atoms with Crippen molar-refractivity contribution in [1.82, 2.24) is 10.9 Å². The van der Waals surface area contributed by atoms with Crippen molar-refractivity contribution in [2.45, 2.75) is 64.5 Å². The lowest BCUT2D eigenvalue weighted by atomic mass is 9.91. The third kappa shape index (κ3) is 5.48. The summed E-state index contributed by atoms with van der Waals surface area (Å²) in [5.41, 5.74) is 13.7. The Morgan fingerprint density at radius 1 is 1.00 bits per heavy atom. The molecule has 1 fully saturated rings. The van der Waals surface area contributed by atoms with Crippen LogP contribution in [0.15, 0.2) is 24.3 Å². The van der Waals surface area contributed by atoms with E-state index >= 15 is 0 Å². The largest absolute Gasteiger partial charge is 0.494 e. The summed E-state index contributed by atoms with van der Waals surface area (Å²) in [7, 11) is 0. The molecule has 4 nitrogen and oxygen atoms in total. The normalized spacial score (nSPS) is 24.0. The lowest BCUT2D eigenvalue weighted by molar-refractivity contribution is 0.304. The molecule has 0 radical (unpaired) electrons. The van der Waals surface area contributed by atoms with Gasteiger partial charge in [-0.2, -0.15) is 0 Å². The molecule has 4 N–H and O–H groups in total. The van der Waals surface area contributed by atoms with Gasteiger partial charge in [0.2, 0.25) is 0 Å². The molecule has 3 atom stereocenters. The molecule has 4 heteroatoms. The van der Waals surface area contributed by atoms with Gasteiger partial charge in [0.1, 0.15) is 5.75 Å². The van der Waals surface area contributed by atoms with Gasteiger partial charge < -0.3 is 10.5 Å². The van der Waals surface area contributed by atoms with E-state index < -0.39 is 0 Å². The van der Waals surface area contributed by atoms with Crippen LogP contribution in [0.5, 0.6) is 5.75 Å².